The van der Waals surface area contributed by atoms with Crippen molar-refractivity contribution in [2.24, 2.45) is 5.41 Å². The molecule has 0 aliphatic heterocycles. The SMILES string of the molecule is CCn1c(C(=O)Nc2ccc(NS(C)=O)cc2)cc2cc(NC(=O)CC(C)(C)C)ccc21. The lowest BCUT2D eigenvalue weighted by atomic mass is 9.92. The number of carbonyl (C=O) groups is 2. The molecule has 7 nitrogen and oxygen atoms in total. The quantitative estimate of drug-likeness (QED) is 0.469. The average Bonchev–Trinajstić information content (AvgIpc) is 3.05. The predicted molar refractivity (Wildman–Crippen MR) is 132 cm³/mol. The minimum absolute atomic E-state index is 0.0328. The van der Waals surface area contributed by atoms with Crippen LogP contribution >= 0.6 is 0 Å². The van der Waals surface area contributed by atoms with Gasteiger partial charge < -0.3 is 19.9 Å². The molecule has 0 radical (unpaired) electrons. The van der Waals surface area contributed by atoms with Crippen molar-refractivity contribution in [1.82, 2.24) is 4.57 Å². The highest BCUT2D eigenvalue weighted by molar-refractivity contribution is 7.85. The van der Waals surface area contributed by atoms with Gasteiger partial charge in [0.2, 0.25) is 5.91 Å². The Kier molecular flexibility index (Phi) is 7.03. The molecule has 2 amide bonds. The normalized spacial score (nSPS) is 12.4. The van der Waals surface area contributed by atoms with Crippen LogP contribution in [0.4, 0.5) is 17.1 Å². The summed E-state index contributed by atoms with van der Waals surface area (Å²) in [4.78, 5) is 25.3. The van der Waals surface area contributed by atoms with Crippen LogP contribution in [0.5, 0.6) is 0 Å². The van der Waals surface area contributed by atoms with E-state index in [1.165, 1.54) is 0 Å². The van der Waals surface area contributed by atoms with Crippen LogP contribution in [0.2, 0.25) is 0 Å². The third kappa shape index (κ3) is 5.97. The minimum Gasteiger partial charge on any atom is -0.337 e. The van der Waals surface area contributed by atoms with E-state index in [4.69, 9.17) is 0 Å². The van der Waals surface area contributed by atoms with E-state index in [0.717, 1.165) is 10.9 Å². The number of aromatic nitrogens is 1. The summed E-state index contributed by atoms with van der Waals surface area (Å²) in [5, 5.41) is 6.75. The average molecular weight is 455 g/mol. The number of anilines is 3. The van der Waals surface area contributed by atoms with Gasteiger partial charge in [-0.05, 0) is 60.9 Å². The molecule has 32 heavy (non-hydrogen) atoms. The van der Waals surface area contributed by atoms with Gasteiger partial charge in [0.1, 0.15) is 16.7 Å². The van der Waals surface area contributed by atoms with Gasteiger partial charge >= 0.3 is 0 Å². The molecule has 1 unspecified atom stereocenters. The second kappa shape index (κ2) is 9.56. The van der Waals surface area contributed by atoms with E-state index in [1.54, 1.807) is 30.5 Å². The molecule has 3 aromatic rings. The second-order valence-corrected chi connectivity index (χ2v) is 10.0. The topological polar surface area (TPSA) is 92.2 Å². The molecule has 3 N–H and O–H groups in total. The van der Waals surface area contributed by atoms with Crippen molar-refractivity contribution in [3.8, 4) is 0 Å². The van der Waals surface area contributed by atoms with Gasteiger partial charge in [0.15, 0.2) is 0 Å². The molecule has 0 saturated heterocycles. The number of fused-ring (bicyclic) bond motifs is 1. The zero-order valence-corrected chi connectivity index (χ0v) is 19.9. The van der Waals surface area contributed by atoms with Gasteiger partial charge in [-0.25, -0.2) is 4.21 Å². The highest BCUT2D eigenvalue weighted by atomic mass is 32.2. The van der Waals surface area contributed by atoms with Crippen LogP contribution in [0.3, 0.4) is 0 Å². The van der Waals surface area contributed by atoms with E-state index in [9.17, 15) is 13.8 Å². The maximum absolute atomic E-state index is 13.0. The summed E-state index contributed by atoms with van der Waals surface area (Å²) in [7, 11) is -1.16. The molecule has 0 spiro atoms. The Balaban J connectivity index is 1.80. The van der Waals surface area contributed by atoms with Crippen molar-refractivity contribution < 1.29 is 13.8 Å². The Labute approximate surface area is 191 Å². The molecule has 0 saturated carbocycles. The van der Waals surface area contributed by atoms with Gasteiger partial charge in [-0.3, -0.25) is 9.59 Å². The third-order valence-electron chi connectivity index (χ3n) is 4.83. The molecule has 0 fully saturated rings. The number of hydrogen-bond acceptors (Lipinski definition) is 3. The smallest absolute Gasteiger partial charge is 0.272 e. The van der Waals surface area contributed by atoms with Gasteiger partial charge in [0.05, 0.1) is 0 Å². The van der Waals surface area contributed by atoms with Gasteiger partial charge in [0, 0.05) is 47.2 Å². The molecule has 1 aromatic heterocycles. The summed E-state index contributed by atoms with van der Waals surface area (Å²) >= 11 is 0. The molecule has 0 aliphatic carbocycles. The Hall–Kier alpha value is -3.13. The zero-order chi connectivity index (χ0) is 23.5. The van der Waals surface area contributed by atoms with Gasteiger partial charge in [-0.2, -0.15) is 0 Å². The number of hydrogen-bond donors (Lipinski definition) is 3. The van der Waals surface area contributed by atoms with Crippen molar-refractivity contribution in [3.63, 3.8) is 0 Å². The van der Waals surface area contributed by atoms with Crippen molar-refractivity contribution in [2.75, 3.05) is 21.6 Å². The molecule has 0 bridgehead atoms. The van der Waals surface area contributed by atoms with E-state index in [0.29, 0.717) is 35.7 Å². The van der Waals surface area contributed by atoms with E-state index in [2.05, 4.69) is 15.4 Å². The molecule has 0 aliphatic rings. The number of nitrogens with one attached hydrogen (secondary N) is 3. The van der Waals surface area contributed by atoms with Gasteiger partial charge in [-0.15, -0.1) is 0 Å². The van der Waals surface area contributed by atoms with Crippen LogP contribution in [0.15, 0.2) is 48.5 Å². The molecule has 8 heteroatoms. The number of amides is 2. The van der Waals surface area contributed by atoms with Gasteiger partial charge in [0.25, 0.3) is 5.91 Å². The molecular formula is C24H30N4O3S. The Morgan fingerprint density at radius 3 is 2.16 bits per heavy atom. The van der Waals surface area contributed by atoms with Crippen molar-refractivity contribution in [3.05, 3.63) is 54.2 Å². The van der Waals surface area contributed by atoms with Crippen LogP contribution in [-0.4, -0.2) is 26.8 Å². The van der Waals surface area contributed by atoms with Crippen molar-refractivity contribution in [1.29, 1.82) is 0 Å². The van der Waals surface area contributed by atoms with Gasteiger partial charge in [-0.1, -0.05) is 20.8 Å². The van der Waals surface area contributed by atoms with E-state index in [1.807, 2.05) is 56.5 Å². The Morgan fingerprint density at radius 2 is 1.56 bits per heavy atom. The lowest BCUT2D eigenvalue weighted by Crippen LogP contribution is -2.19. The van der Waals surface area contributed by atoms with Crippen LogP contribution in [0.25, 0.3) is 10.9 Å². The summed E-state index contributed by atoms with van der Waals surface area (Å²) in [6.07, 6.45) is 1.98. The van der Waals surface area contributed by atoms with Crippen LogP contribution in [0.1, 0.15) is 44.6 Å². The van der Waals surface area contributed by atoms with Crippen molar-refractivity contribution in [2.45, 2.75) is 40.7 Å². The number of benzene rings is 2. The summed E-state index contributed by atoms with van der Waals surface area (Å²) in [6.45, 7) is 8.69. The first kappa shape index (κ1) is 23.5. The Bertz CT molecular complexity index is 1160. The molecule has 170 valence electrons. The molecule has 3 rings (SSSR count). The van der Waals surface area contributed by atoms with Crippen LogP contribution < -0.4 is 15.4 Å². The predicted octanol–water partition coefficient (Wildman–Crippen LogP) is 4.99. The zero-order valence-electron chi connectivity index (χ0n) is 19.1. The summed E-state index contributed by atoms with van der Waals surface area (Å²) < 4.78 is 16.0. The fourth-order valence-electron chi connectivity index (χ4n) is 3.55. The molecular weight excluding hydrogens is 424 g/mol. The van der Waals surface area contributed by atoms with E-state index >= 15 is 0 Å². The number of rotatable bonds is 7. The number of carbonyl (C=O) groups excluding carboxylic acids is 2. The first-order chi connectivity index (χ1) is 15.1. The standard InChI is InChI=1S/C24H30N4O3S/c1-6-28-20-12-11-19(25-22(29)15-24(2,3)4)13-16(20)14-21(28)23(30)26-17-7-9-18(10-8-17)27-32(5)31/h7-14,27H,6,15H2,1-5H3,(H,25,29)(H,26,30). The molecule has 2 aromatic carbocycles. The second-order valence-electron chi connectivity index (χ2n) is 8.92. The number of aryl methyl sites for hydroxylation is 1. The van der Waals surface area contributed by atoms with Crippen molar-refractivity contribution >= 4 is 50.8 Å². The fraction of sp³-hybridized carbons (Fsp3) is 0.333. The minimum atomic E-state index is -1.16. The highest BCUT2D eigenvalue weighted by Crippen LogP contribution is 2.26. The van der Waals surface area contributed by atoms with Crippen LogP contribution in [0, 0.1) is 5.41 Å². The number of nitrogens with zero attached hydrogens (tertiary/aromatic N) is 1. The Morgan fingerprint density at radius 1 is 0.938 bits per heavy atom. The van der Waals surface area contributed by atoms with Crippen LogP contribution in [-0.2, 0) is 22.3 Å². The molecule has 1 heterocycles. The largest absolute Gasteiger partial charge is 0.337 e. The highest BCUT2D eigenvalue weighted by Gasteiger charge is 2.18. The maximum atomic E-state index is 13.0. The lowest BCUT2D eigenvalue weighted by molar-refractivity contribution is -0.117. The maximum Gasteiger partial charge on any atom is 0.272 e. The summed E-state index contributed by atoms with van der Waals surface area (Å²) in [6, 6.07) is 14.6. The van der Waals surface area contributed by atoms with E-state index in [-0.39, 0.29) is 17.2 Å². The van der Waals surface area contributed by atoms with E-state index < -0.39 is 11.0 Å². The summed E-state index contributed by atoms with van der Waals surface area (Å²) in [5.74, 6) is -0.254. The lowest BCUT2D eigenvalue weighted by Gasteiger charge is -2.17. The fourth-order valence-corrected chi connectivity index (χ4v) is 4.02. The first-order valence-corrected chi connectivity index (χ1v) is 12.1. The summed E-state index contributed by atoms with van der Waals surface area (Å²) in [5.41, 5.74) is 3.45. The third-order valence-corrected chi connectivity index (χ3v) is 5.35. The molecule has 1 atom stereocenters. The monoisotopic (exact) mass is 454 g/mol. The first-order valence-electron chi connectivity index (χ1n) is 10.5.